The Morgan fingerprint density at radius 1 is 1.00 bits per heavy atom. The largest absolute Gasteiger partial charge is 0.481 e. The number of aryl methyl sites for hydroxylation is 1. The molecule has 0 aromatic heterocycles. The third-order valence-corrected chi connectivity index (χ3v) is 3.05. The second-order valence-corrected chi connectivity index (χ2v) is 5.05. The van der Waals surface area contributed by atoms with Crippen molar-refractivity contribution in [3.8, 4) is 0 Å². The van der Waals surface area contributed by atoms with E-state index in [0.717, 1.165) is 12.0 Å². The highest BCUT2D eigenvalue weighted by molar-refractivity contribution is 5.90. The second kappa shape index (κ2) is 8.89. The fourth-order valence-corrected chi connectivity index (χ4v) is 1.89. The maximum atomic E-state index is 11.7. The standard InChI is InChI=1S/C16H21NO4/c1-12(18)4-2-3-5-15(19)17-14-9-6-13(7-10-14)8-11-16(20)21/h6-7,9-10H,2-5,8,11H2,1H3,(H,17,19)(H,20,21). The lowest BCUT2D eigenvalue weighted by atomic mass is 10.1. The van der Waals surface area contributed by atoms with Crippen molar-refractivity contribution in [2.75, 3.05) is 5.32 Å². The fourth-order valence-electron chi connectivity index (χ4n) is 1.89. The van der Waals surface area contributed by atoms with Gasteiger partial charge in [-0.15, -0.1) is 0 Å². The minimum atomic E-state index is -0.821. The Morgan fingerprint density at radius 2 is 1.62 bits per heavy atom. The van der Waals surface area contributed by atoms with Crippen molar-refractivity contribution < 1.29 is 19.5 Å². The van der Waals surface area contributed by atoms with Crippen LogP contribution in [0.4, 0.5) is 5.69 Å². The summed E-state index contributed by atoms with van der Waals surface area (Å²) in [7, 11) is 0. The van der Waals surface area contributed by atoms with E-state index in [1.807, 2.05) is 12.1 Å². The van der Waals surface area contributed by atoms with E-state index in [9.17, 15) is 14.4 Å². The fraction of sp³-hybridized carbons (Fsp3) is 0.438. The summed E-state index contributed by atoms with van der Waals surface area (Å²) >= 11 is 0. The van der Waals surface area contributed by atoms with Crippen LogP contribution in [-0.4, -0.2) is 22.8 Å². The van der Waals surface area contributed by atoms with Crippen LogP contribution in [-0.2, 0) is 20.8 Å². The number of carboxylic acids is 1. The molecule has 0 saturated heterocycles. The summed E-state index contributed by atoms with van der Waals surface area (Å²) in [5.74, 6) is -0.748. The predicted octanol–water partition coefficient (Wildman–Crippen LogP) is 2.79. The van der Waals surface area contributed by atoms with Crippen LogP contribution in [0.25, 0.3) is 0 Å². The Balaban J connectivity index is 2.32. The highest BCUT2D eigenvalue weighted by atomic mass is 16.4. The summed E-state index contributed by atoms with van der Waals surface area (Å²) in [6, 6.07) is 7.16. The maximum Gasteiger partial charge on any atom is 0.303 e. The zero-order valence-electron chi connectivity index (χ0n) is 12.2. The number of Topliss-reactive ketones (excluding diaryl/α,β-unsaturated/α-hetero) is 1. The first-order valence-electron chi connectivity index (χ1n) is 7.07. The monoisotopic (exact) mass is 291 g/mol. The Bertz CT molecular complexity index is 494. The first-order valence-corrected chi connectivity index (χ1v) is 7.07. The molecule has 0 atom stereocenters. The molecule has 0 spiro atoms. The predicted molar refractivity (Wildman–Crippen MR) is 80.2 cm³/mol. The molecule has 1 amide bonds. The van der Waals surface area contributed by atoms with Crippen molar-refractivity contribution in [3.05, 3.63) is 29.8 Å². The minimum Gasteiger partial charge on any atom is -0.481 e. The van der Waals surface area contributed by atoms with Gasteiger partial charge in [0.1, 0.15) is 5.78 Å². The summed E-state index contributed by atoms with van der Waals surface area (Å²) in [4.78, 5) is 32.9. The molecule has 0 saturated carbocycles. The Hall–Kier alpha value is -2.17. The molecule has 0 aliphatic carbocycles. The van der Waals surface area contributed by atoms with Gasteiger partial charge in [0.25, 0.3) is 0 Å². The molecule has 1 rings (SSSR count). The normalized spacial score (nSPS) is 10.1. The van der Waals surface area contributed by atoms with Gasteiger partial charge in [-0.3, -0.25) is 9.59 Å². The molecular formula is C16H21NO4. The van der Waals surface area contributed by atoms with Gasteiger partial charge in [0.05, 0.1) is 0 Å². The zero-order chi connectivity index (χ0) is 15.7. The van der Waals surface area contributed by atoms with E-state index in [2.05, 4.69) is 5.32 Å². The number of unbranched alkanes of at least 4 members (excludes halogenated alkanes) is 1. The molecule has 0 radical (unpaired) electrons. The number of aliphatic carboxylic acids is 1. The number of benzene rings is 1. The van der Waals surface area contributed by atoms with E-state index in [1.54, 1.807) is 19.1 Å². The first-order chi connectivity index (χ1) is 9.97. The summed E-state index contributed by atoms with van der Waals surface area (Å²) < 4.78 is 0. The highest BCUT2D eigenvalue weighted by Gasteiger charge is 2.04. The van der Waals surface area contributed by atoms with Crippen LogP contribution in [0.3, 0.4) is 0 Å². The zero-order valence-corrected chi connectivity index (χ0v) is 12.2. The smallest absolute Gasteiger partial charge is 0.303 e. The summed E-state index contributed by atoms with van der Waals surface area (Å²) in [6.07, 6.45) is 2.93. The van der Waals surface area contributed by atoms with Gasteiger partial charge in [-0.2, -0.15) is 0 Å². The molecule has 0 fully saturated rings. The average molecular weight is 291 g/mol. The third-order valence-electron chi connectivity index (χ3n) is 3.05. The molecule has 0 bridgehead atoms. The molecular weight excluding hydrogens is 270 g/mol. The summed E-state index contributed by atoms with van der Waals surface area (Å²) in [5.41, 5.74) is 1.63. The van der Waals surface area contributed by atoms with Gasteiger partial charge in [-0.1, -0.05) is 12.1 Å². The van der Waals surface area contributed by atoms with Crippen molar-refractivity contribution in [2.45, 2.75) is 45.4 Å². The number of hydrogen-bond donors (Lipinski definition) is 2. The number of nitrogens with one attached hydrogen (secondary N) is 1. The molecule has 1 aromatic carbocycles. The maximum absolute atomic E-state index is 11.7. The Labute approximate surface area is 124 Å². The van der Waals surface area contributed by atoms with Crippen molar-refractivity contribution >= 4 is 23.3 Å². The quantitative estimate of drug-likeness (QED) is 0.685. The second-order valence-electron chi connectivity index (χ2n) is 5.05. The van der Waals surface area contributed by atoms with Crippen molar-refractivity contribution in [2.24, 2.45) is 0 Å². The van der Waals surface area contributed by atoms with Gasteiger partial charge >= 0.3 is 5.97 Å². The van der Waals surface area contributed by atoms with E-state index < -0.39 is 5.97 Å². The molecule has 0 aliphatic rings. The highest BCUT2D eigenvalue weighted by Crippen LogP contribution is 2.12. The molecule has 1 aromatic rings. The topological polar surface area (TPSA) is 83.5 Å². The van der Waals surface area contributed by atoms with Crippen LogP contribution >= 0.6 is 0 Å². The molecule has 2 N–H and O–H groups in total. The molecule has 0 unspecified atom stereocenters. The number of carboxylic acid groups (broad SMARTS) is 1. The Kier molecular flexibility index (Phi) is 7.15. The number of carbonyl (C=O) groups is 3. The number of carbonyl (C=O) groups excluding carboxylic acids is 2. The molecule has 5 heteroatoms. The van der Waals surface area contributed by atoms with Gasteiger partial charge in [0.2, 0.25) is 5.91 Å². The lowest BCUT2D eigenvalue weighted by Gasteiger charge is -2.06. The molecule has 5 nitrogen and oxygen atoms in total. The van der Waals surface area contributed by atoms with Crippen LogP contribution in [0.2, 0.25) is 0 Å². The van der Waals surface area contributed by atoms with Crippen LogP contribution in [0.15, 0.2) is 24.3 Å². The molecule has 21 heavy (non-hydrogen) atoms. The van der Waals surface area contributed by atoms with Crippen LogP contribution in [0.1, 0.15) is 44.6 Å². The SMILES string of the molecule is CC(=O)CCCCC(=O)Nc1ccc(CCC(=O)O)cc1. The minimum absolute atomic E-state index is 0.0724. The first kappa shape index (κ1) is 16.9. The third kappa shape index (κ3) is 7.87. The van der Waals surface area contributed by atoms with Gasteiger partial charge in [0, 0.05) is 24.9 Å². The Morgan fingerprint density at radius 3 is 2.19 bits per heavy atom. The molecule has 0 aliphatic heterocycles. The molecule has 114 valence electrons. The van der Waals surface area contributed by atoms with Crippen LogP contribution < -0.4 is 5.32 Å². The van der Waals surface area contributed by atoms with Crippen molar-refractivity contribution in [3.63, 3.8) is 0 Å². The number of anilines is 1. The van der Waals surface area contributed by atoms with Crippen LogP contribution in [0, 0.1) is 0 Å². The van der Waals surface area contributed by atoms with Gasteiger partial charge in [0.15, 0.2) is 0 Å². The van der Waals surface area contributed by atoms with E-state index >= 15 is 0 Å². The number of amides is 1. The van der Waals surface area contributed by atoms with Gasteiger partial charge in [-0.25, -0.2) is 0 Å². The lowest BCUT2D eigenvalue weighted by Crippen LogP contribution is -2.11. The van der Waals surface area contributed by atoms with E-state index in [-0.39, 0.29) is 18.1 Å². The summed E-state index contributed by atoms with van der Waals surface area (Å²) in [5, 5.41) is 11.4. The van der Waals surface area contributed by atoms with Crippen molar-refractivity contribution in [1.29, 1.82) is 0 Å². The number of rotatable bonds is 9. The van der Waals surface area contributed by atoms with Gasteiger partial charge in [-0.05, 0) is 43.9 Å². The van der Waals surface area contributed by atoms with E-state index in [0.29, 0.717) is 31.4 Å². The number of ketones is 1. The molecule has 0 heterocycles. The van der Waals surface area contributed by atoms with Crippen molar-refractivity contribution in [1.82, 2.24) is 0 Å². The lowest BCUT2D eigenvalue weighted by molar-refractivity contribution is -0.137. The van der Waals surface area contributed by atoms with Gasteiger partial charge < -0.3 is 15.2 Å². The number of hydrogen-bond acceptors (Lipinski definition) is 3. The average Bonchev–Trinajstić information content (AvgIpc) is 2.42. The van der Waals surface area contributed by atoms with Crippen LogP contribution in [0.5, 0.6) is 0 Å². The van der Waals surface area contributed by atoms with E-state index in [1.165, 1.54) is 0 Å². The van der Waals surface area contributed by atoms with E-state index in [4.69, 9.17) is 5.11 Å². The summed E-state index contributed by atoms with van der Waals surface area (Å²) in [6.45, 7) is 1.55.